The molecule has 2 aromatic rings. The number of amides is 1. The fourth-order valence-electron chi connectivity index (χ4n) is 4.36. The summed E-state index contributed by atoms with van der Waals surface area (Å²) in [7, 11) is 0. The number of rotatable bonds is 5. The summed E-state index contributed by atoms with van der Waals surface area (Å²) in [4.78, 5) is 17.6. The van der Waals surface area contributed by atoms with Crippen LogP contribution < -0.4 is 4.90 Å². The Morgan fingerprint density at radius 3 is 2.41 bits per heavy atom. The van der Waals surface area contributed by atoms with E-state index in [1.807, 2.05) is 35.2 Å². The van der Waals surface area contributed by atoms with Gasteiger partial charge in [-0.05, 0) is 54.9 Å². The quantitative estimate of drug-likeness (QED) is 0.883. The lowest BCUT2D eigenvalue weighted by Crippen LogP contribution is -2.31. The van der Waals surface area contributed by atoms with Gasteiger partial charge in [-0.25, -0.2) is 0 Å². The van der Waals surface area contributed by atoms with Crippen LogP contribution >= 0.6 is 0 Å². The number of carbonyl (C=O) groups is 1. The van der Waals surface area contributed by atoms with Gasteiger partial charge in [-0.15, -0.1) is 0 Å². The molecule has 27 heavy (non-hydrogen) atoms. The van der Waals surface area contributed by atoms with E-state index in [0.29, 0.717) is 5.92 Å². The summed E-state index contributed by atoms with van der Waals surface area (Å²) in [5, 5.41) is 9.17. The van der Waals surface area contributed by atoms with Crippen LogP contribution in [0.3, 0.4) is 0 Å². The molecule has 4 nitrogen and oxygen atoms in total. The average molecular weight is 364 g/mol. The molecule has 0 saturated carbocycles. The highest BCUT2D eigenvalue weighted by atomic mass is 16.3. The zero-order chi connectivity index (χ0) is 18.6. The molecule has 1 amide bonds. The lowest BCUT2D eigenvalue weighted by molar-refractivity contribution is 0.0787. The Hall–Kier alpha value is -2.33. The molecule has 2 saturated heterocycles. The van der Waals surface area contributed by atoms with Crippen LogP contribution in [0.4, 0.5) is 5.69 Å². The summed E-state index contributed by atoms with van der Waals surface area (Å²) in [6.45, 7) is 3.86. The summed E-state index contributed by atoms with van der Waals surface area (Å²) in [6, 6.07) is 16.2. The van der Waals surface area contributed by atoms with Crippen LogP contribution in [0.1, 0.15) is 40.7 Å². The summed E-state index contributed by atoms with van der Waals surface area (Å²) < 4.78 is 0. The molecule has 4 heteroatoms. The number of para-hydroxylation sites is 1. The van der Waals surface area contributed by atoms with Crippen molar-refractivity contribution < 1.29 is 9.90 Å². The number of aliphatic hydroxyl groups is 1. The summed E-state index contributed by atoms with van der Waals surface area (Å²) in [5.74, 6) is 0.684. The van der Waals surface area contributed by atoms with Gasteiger partial charge in [-0.1, -0.05) is 36.4 Å². The normalized spacial score (nSPS) is 19.7. The van der Waals surface area contributed by atoms with E-state index in [4.69, 9.17) is 0 Å². The monoisotopic (exact) mass is 364 g/mol. The number of hydrogen-bond donors (Lipinski definition) is 1. The van der Waals surface area contributed by atoms with Crippen molar-refractivity contribution in [2.24, 2.45) is 5.92 Å². The number of anilines is 1. The van der Waals surface area contributed by atoms with Crippen molar-refractivity contribution >= 4 is 11.6 Å². The molecule has 0 radical (unpaired) electrons. The number of likely N-dealkylation sites (tertiary alicyclic amines) is 1. The second kappa shape index (κ2) is 8.13. The van der Waals surface area contributed by atoms with E-state index in [1.54, 1.807) is 0 Å². The van der Waals surface area contributed by atoms with Gasteiger partial charge in [0.1, 0.15) is 0 Å². The van der Waals surface area contributed by atoms with Crippen molar-refractivity contribution in [1.82, 2.24) is 4.90 Å². The van der Waals surface area contributed by atoms with Crippen LogP contribution in [0.25, 0.3) is 0 Å². The Morgan fingerprint density at radius 2 is 1.67 bits per heavy atom. The standard InChI is InChI=1S/C23H28N2O2/c26-17-19-9-7-18(8-10-19)15-20-11-14-25(16-20)23(27)21-5-1-2-6-22(21)24-12-3-4-13-24/h1-2,5-10,20,26H,3-4,11-17H2. The van der Waals surface area contributed by atoms with Crippen LogP contribution in [-0.4, -0.2) is 42.1 Å². The van der Waals surface area contributed by atoms with Crippen LogP contribution in [0.15, 0.2) is 48.5 Å². The Bertz CT molecular complexity index is 781. The van der Waals surface area contributed by atoms with Crippen molar-refractivity contribution in [2.45, 2.75) is 32.3 Å². The fourth-order valence-corrected chi connectivity index (χ4v) is 4.36. The Morgan fingerprint density at radius 1 is 0.963 bits per heavy atom. The molecule has 1 N–H and O–H groups in total. The number of aliphatic hydroxyl groups excluding tert-OH is 1. The molecule has 1 unspecified atom stereocenters. The molecule has 2 aliphatic rings. The lowest BCUT2D eigenvalue weighted by atomic mass is 9.98. The second-order valence-corrected chi connectivity index (χ2v) is 7.80. The van der Waals surface area contributed by atoms with Gasteiger partial charge in [0.05, 0.1) is 12.2 Å². The SMILES string of the molecule is O=C(c1ccccc1N1CCCC1)N1CCC(Cc2ccc(CO)cc2)C1. The number of hydrogen-bond acceptors (Lipinski definition) is 3. The molecule has 2 heterocycles. The van der Waals surface area contributed by atoms with Gasteiger partial charge in [0.25, 0.3) is 5.91 Å². The first-order chi connectivity index (χ1) is 13.2. The Labute approximate surface area is 161 Å². The molecule has 1 atom stereocenters. The first-order valence-corrected chi connectivity index (χ1v) is 10.1. The van der Waals surface area contributed by atoms with E-state index in [-0.39, 0.29) is 12.5 Å². The third-order valence-corrected chi connectivity index (χ3v) is 5.88. The first kappa shape index (κ1) is 18.1. The van der Waals surface area contributed by atoms with Crippen molar-refractivity contribution in [2.75, 3.05) is 31.1 Å². The minimum atomic E-state index is 0.0857. The molecular formula is C23H28N2O2. The van der Waals surface area contributed by atoms with Gasteiger partial charge in [0.2, 0.25) is 0 Å². The third kappa shape index (κ3) is 4.01. The highest BCUT2D eigenvalue weighted by Gasteiger charge is 2.29. The molecule has 0 aliphatic carbocycles. The van der Waals surface area contributed by atoms with Crippen molar-refractivity contribution in [3.63, 3.8) is 0 Å². The largest absolute Gasteiger partial charge is 0.392 e. The van der Waals surface area contributed by atoms with E-state index >= 15 is 0 Å². The van der Waals surface area contributed by atoms with Gasteiger partial charge in [-0.2, -0.15) is 0 Å². The minimum Gasteiger partial charge on any atom is -0.392 e. The van der Waals surface area contributed by atoms with Gasteiger partial charge in [0, 0.05) is 31.9 Å². The molecule has 0 bridgehead atoms. The first-order valence-electron chi connectivity index (χ1n) is 10.1. The highest BCUT2D eigenvalue weighted by Crippen LogP contribution is 2.28. The molecular weight excluding hydrogens is 336 g/mol. The van der Waals surface area contributed by atoms with Crippen molar-refractivity contribution in [3.8, 4) is 0 Å². The van der Waals surface area contributed by atoms with Gasteiger partial charge < -0.3 is 14.9 Å². The maximum absolute atomic E-state index is 13.2. The van der Waals surface area contributed by atoms with E-state index in [1.165, 1.54) is 18.4 Å². The molecule has 2 aromatic carbocycles. The van der Waals surface area contributed by atoms with E-state index in [9.17, 15) is 9.90 Å². The average Bonchev–Trinajstić information content (AvgIpc) is 3.40. The lowest BCUT2D eigenvalue weighted by Gasteiger charge is -2.24. The molecule has 142 valence electrons. The minimum absolute atomic E-state index is 0.0857. The molecule has 0 spiro atoms. The smallest absolute Gasteiger partial charge is 0.255 e. The summed E-state index contributed by atoms with van der Waals surface area (Å²) >= 11 is 0. The van der Waals surface area contributed by atoms with E-state index in [2.05, 4.69) is 23.1 Å². The zero-order valence-electron chi connectivity index (χ0n) is 15.8. The van der Waals surface area contributed by atoms with Crippen LogP contribution in [-0.2, 0) is 13.0 Å². The Kier molecular flexibility index (Phi) is 5.44. The van der Waals surface area contributed by atoms with Gasteiger partial charge in [-0.3, -0.25) is 4.79 Å². The van der Waals surface area contributed by atoms with Crippen LogP contribution in [0, 0.1) is 5.92 Å². The summed E-state index contributed by atoms with van der Waals surface area (Å²) in [6.07, 6.45) is 4.47. The fraction of sp³-hybridized carbons (Fsp3) is 0.435. The van der Waals surface area contributed by atoms with Crippen molar-refractivity contribution in [3.05, 3.63) is 65.2 Å². The third-order valence-electron chi connectivity index (χ3n) is 5.88. The van der Waals surface area contributed by atoms with Gasteiger partial charge in [0.15, 0.2) is 0 Å². The van der Waals surface area contributed by atoms with E-state index < -0.39 is 0 Å². The topological polar surface area (TPSA) is 43.8 Å². The van der Waals surface area contributed by atoms with Crippen molar-refractivity contribution in [1.29, 1.82) is 0 Å². The summed E-state index contributed by atoms with van der Waals surface area (Å²) in [5.41, 5.74) is 4.18. The second-order valence-electron chi connectivity index (χ2n) is 7.80. The van der Waals surface area contributed by atoms with E-state index in [0.717, 1.165) is 55.8 Å². The maximum atomic E-state index is 13.2. The predicted molar refractivity (Wildman–Crippen MR) is 108 cm³/mol. The predicted octanol–water partition coefficient (Wildman–Crippen LogP) is 3.48. The zero-order valence-corrected chi connectivity index (χ0v) is 15.8. The maximum Gasteiger partial charge on any atom is 0.255 e. The number of carbonyl (C=O) groups excluding carboxylic acids is 1. The molecule has 0 aromatic heterocycles. The molecule has 4 rings (SSSR count). The van der Waals surface area contributed by atoms with Crippen LogP contribution in [0.5, 0.6) is 0 Å². The molecule has 2 aliphatic heterocycles. The van der Waals surface area contributed by atoms with Crippen LogP contribution in [0.2, 0.25) is 0 Å². The van der Waals surface area contributed by atoms with Gasteiger partial charge >= 0.3 is 0 Å². The molecule has 2 fully saturated rings. The Balaban J connectivity index is 1.42. The number of nitrogens with zero attached hydrogens (tertiary/aromatic N) is 2. The number of benzene rings is 2. The highest BCUT2D eigenvalue weighted by molar-refractivity contribution is 6.00.